The molecule has 0 aliphatic carbocycles. The molecule has 0 saturated carbocycles. The van der Waals surface area contributed by atoms with Gasteiger partial charge in [-0.25, -0.2) is 13.4 Å². The first kappa shape index (κ1) is 15.7. The van der Waals surface area contributed by atoms with E-state index in [0.29, 0.717) is 19.1 Å². The summed E-state index contributed by atoms with van der Waals surface area (Å²) in [6.07, 6.45) is 3.92. The molecule has 0 aromatic carbocycles. The van der Waals surface area contributed by atoms with Gasteiger partial charge in [-0.05, 0) is 13.0 Å². The van der Waals surface area contributed by atoms with Crippen LogP contribution in [-0.2, 0) is 10.0 Å². The topological polar surface area (TPSA) is 81.3 Å². The molecule has 2 fully saturated rings. The van der Waals surface area contributed by atoms with Gasteiger partial charge in [-0.3, -0.25) is 4.90 Å². The smallest absolute Gasteiger partial charge is 0.260 e. The van der Waals surface area contributed by atoms with Gasteiger partial charge >= 0.3 is 0 Å². The molecule has 3 heterocycles. The van der Waals surface area contributed by atoms with Gasteiger partial charge in [0, 0.05) is 38.8 Å². The number of rotatable bonds is 3. The van der Waals surface area contributed by atoms with Gasteiger partial charge in [-0.2, -0.15) is 4.31 Å². The first-order valence-electron chi connectivity index (χ1n) is 6.61. The Morgan fingerprint density at radius 3 is 2.55 bits per heavy atom. The zero-order valence-electron chi connectivity index (χ0n) is 11.2. The molecule has 0 bridgehead atoms. The third-order valence-electron chi connectivity index (χ3n) is 3.91. The van der Waals surface area contributed by atoms with Crippen molar-refractivity contribution >= 4 is 22.4 Å². The minimum absolute atomic E-state index is 0. The van der Waals surface area contributed by atoms with Gasteiger partial charge in [0.05, 0.1) is 12.5 Å². The maximum atomic E-state index is 12.3. The fraction of sp³-hybridized carbons (Fsp3) is 0.727. The molecule has 2 aliphatic rings. The second-order valence-corrected chi connectivity index (χ2v) is 6.91. The zero-order chi connectivity index (χ0) is 13.3. The van der Waals surface area contributed by atoms with Crippen LogP contribution in [0.5, 0.6) is 0 Å². The highest BCUT2D eigenvalue weighted by atomic mass is 35.5. The highest BCUT2D eigenvalue weighted by Crippen LogP contribution is 2.17. The lowest BCUT2D eigenvalue weighted by Crippen LogP contribution is -2.52. The summed E-state index contributed by atoms with van der Waals surface area (Å²) in [6.45, 7) is 4.81. The third kappa shape index (κ3) is 2.99. The standard InChI is InChI=1S/C11H19N5O2S.ClH/c17-19(18,11-8-13-9-14-11)16-5-3-15(4-6-16)10-1-2-12-7-10;/h8-10,12H,1-7H2,(H,13,14);1H. The Kier molecular flexibility index (Phi) is 5.03. The molecule has 1 atom stereocenters. The SMILES string of the molecule is Cl.O=S(=O)(c1cnc[nH]1)N1CCN(C2CCNC2)CC1. The molecule has 2 aliphatic heterocycles. The van der Waals surface area contributed by atoms with Crippen molar-refractivity contribution in [2.75, 3.05) is 39.3 Å². The minimum atomic E-state index is -3.39. The molecule has 1 aromatic rings. The van der Waals surface area contributed by atoms with Crippen LogP contribution in [0.15, 0.2) is 17.6 Å². The van der Waals surface area contributed by atoms with Gasteiger partial charge in [0.25, 0.3) is 10.0 Å². The lowest BCUT2D eigenvalue weighted by atomic mass is 10.2. The Balaban J connectivity index is 0.00000147. The van der Waals surface area contributed by atoms with Crippen molar-refractivity contribution in [2.45, 2.75) is 17.5 Å². The zero-order valence-corrected chi connectivity index (χ0v) is 12.8. The summed E-state index contributed by atoms with van der Waals surface area (Å²) in [5.41, 5.74) is 0. The number of sulfonamides is 1. The number of imidazole rings is 1. The molecule has 2 N–H and O–H groups in total. The molecule has 3 rings (SSSR count). The number of aromatic amines is 1. The number of H-pyrrole nitrogens is 1. The summed E-state index contributed by atoms with van der Waals surface area (Å²) in [4.78, 5) is 8.85. The molecule has 114 valence electrons. The van der Waals surface area contributed by atoms with E-state index in [1.807, 2.05) is 0 Å². The average Bonchev–Trinajstić information content (AvgIpc) is 3.12. The molecule has 0 spiro atoms. The fourth-order valence-electron chi connectivity index (χ4n) is 2.78. The summed E-state index contributed by atoms with van der Waals surface area (Å²) in [7, 11) is -3.39. The Morgan fingerprint density at radius 1 is 1.25 bits per heavy atom. The van der Waals surface area contributed by atoms with Crippen molar-refractivity contribution in [1.29, 1.82) is 0 Å². The molecule has 0 radical (unpaired) electrons. The summed E-state index contributed by atoms with van der Waals surface area (Å²) in [5, 5.41) is 3.53. The largest absolute Gasteiger partial charge is 0.335 e. The van der Waals surface area contributed by atoms with Crippen molar-refractivity contribution in [1.82, 2.24) is 24.5 Å². The van der Waals surface area contributed by atoms with Gasteiger partial charge < -0.3 is 10.3 Å². The molecule has 0 amide bonds. The Labute approximate surface area is 125 Å². The molecule has 7 nitrogen and oxygen atoms in total. The quantitative estimate of drug-likeness (QED) is 0.784. The van der Waals surface area contributed by atoms with Crippen LogP contribution in [0.25, 0.3) is 0 Å². The Morgan fingerprint density at radius 2 is 2.00 bits per heavy atom. The van der Waals surface area contributed by atoms with Crippen LogP contribution in [-0.4, -0.2) is 72.9 Å². The predicted molar refractivity (Wildman–Crippen MR) is 77.4 cm³/mol. The van der Waals surface area contributed by atoms with E-state index in [9.17, 15) is 8.42 Å². The molecular weight excluding hydrogens is 302 g/mol. The van der Waals surface area contributed by atoms with E-state index in [1.54, 1.807) is 4.31 Å². The number of piperazine rings is 1. The second-order valence-electron chi connectivity index (χ2n) is 5.00. The van der Waals surface area contributed by atoms with Gasteiger partial charge in [-0.1, -0.05) is 0 Å². The van der Waals surface area contributed by atoms with E-state index >= 15 is 0 Å². The van der Waals surface area contributed by atoms with Crippen molar-refractivity contribution in [3.63, 3.8) is 0 Å². The number of hydrogen-bond donors (Lipinski definition) is 2. The summed E-state index contributed by atoms with van der Waals surface area (Å²) in [5.74, 6) is 0. The van der Waals surface area contributed by atoms with E-state index in [2.05, 4.69) is 20.2 Å². The highest BCUT2D eigenvalue weighted by molar-refractivity contribution is 7.89. The van der Waals surface area contributed by atoms with Gasteiger partial charge in [-0.15, -0.1) is 12.4 Å². The van der Waals surface area contributed by atoms with E-state index in [1.165, 1.54) is 12.5 Å². The number of hydrogen-bond acceptors (Lipinski definition) is 5. The average molecular weight is 322 g/mol. The van der Waals surface area contributed by atoms with E-state index in [4.69, 9.17) is 0 Å². The lowest BCUT2D eigenvalue weighted by molar-refractivity contribution is 0.145. The van der Waals surface area contributed by atoms with E-state index in [0.717, 1.165) is 32.6 Å². The van der Waals surface area contributed by atoms with Gasteiger partial charge in [0.2, 0.25) is 0 Å². The summed E-state index contributed by atoms with van der Waals surface area (Å²) < 4.78 is 26.1. The van der Waals surface area contributed by atoms with Crippen LogP contribution in [0.3, 0.4) is 0 Å². The third-order valence-corrected chi connectivity index (χ3v) is 5.74. The molecule has 20 heavy (non-hydrogen) atoms. The minimum Gasteiger partial charge on any atom is -0.335 e. The Hall–Kier alpha value is -0.670. The van der Waals surface area contributed by atoms with E-state index in [-0.39, 0.29) is 17.4 Å². The molecule has 1 aromatic heterocycles. The van der Waals surface area contributed by atoms with Crippen LogP contribution < -0.4 is 5.32 Å². The van der Waals surface area contributed by atoms with Crippen LogP contribution in [0.2, 0.25) is 0 Å². The van der Waals surface area contributed by atoms with E-state index < -0.39 is 10.0 Å². The van der Waals surface area contributed by atoms with Crippen molar-refractivity contribution in [2.24, 2.45) is 0 Å². The number of nitrogens with one attached hydrogen (secondary N) is 2. The maximum Gasteiger partial charge on any atom is 0.260 e. The normalized spacial score (nSPS) is 25.5. The van der Waals surface area contributed by atoms with Gasteiger partial charge in [0.15, 0.2) is 5.03 Å². The summed E-state index contributed by atoms with van der Waals surface area (Å²) in [6, 6.07) is 0.567. The monoisotopic (exact) mass is 321 g/mol. The van der Waals surface area contributed by atoms with Crippen LogP contribution >= 0.6 is 12.4 Å². The van der Waals surface area contributed by atoms with Crippen molar-refractivity contribution in [3.8, 4) is 0 Å². The van der Waals surface area contributed by atoms with Gasteiger partial charge in [0.1, 0.15) is 0 Å². The lowest BCUT2D eigenvalue weighted by Gasteiger charge is -2.36. The number of halogens is 1. The Bertz CT molecular complexity index is 507. The fourth-order valence-corrected chi connectivity index (χ4v) is 4.10. The first-order valence-corrected chi connectivity index (χ1v) is 8.05. The molecular formula is C11H20ClN5O2S. The van der Waals surface area contributed by atoms with Crippen LogP contribution in [0, 0.1) is 0 Å². The van der Waals surface area contributed by atoms with Crippen molar-refractivity contribution in [3.05, 3.63) is 12.5 Å². The first-order chi connectivity index (χ1) is 9.18. The predicted octanol–water partition coefficient (Wildman–Crippen LogP) is -0.500. The summed E-state index contributed by atoms with van der Waals surface area (Å²) >= 11 is 0. The van der Waals surface area contributed by atoms with Crippen LogP contribution in [0.4, 0.5) is 0 Å². The molecule has 9 heteroatoms. The molecule has 1 unspecified atom stereocenters. The number of nitrogens with zero attached hydrogens (tertiary/aromatic N) is 3. The number of aromatic nitrogens is 2. The van der Waals surface area contributed by atoms with Crippen LogP contribution in [0.1, 0.15) is 6.42 Å². The maximum absolute atomic E-state index is 12.3. The van der Waals surface area contributed by atoms with Crippen molar-refractivity contribution < 1.29 is 8.42 Å². The second kappa shape index (κ2) is 6.40. The molecule has 2 saturated heterocycles. The highest BCUT2D eigenvalue weighted by Gasteiger charge is 2.32.